The largest absolute Gasteiger partial charge is 0.480 e. The van der Waals surface area contributed by atoms with Crippen molar-refractivity contribution in [2.75, 3.05) is 79.0 Å². The molecule has 0 aromatic heterocycles. The molecule has 1 aliphatic carbocycles. The lowest BCUT2D eigenvalue weighted by molar-refractivity contribution is -0.143. The molecular weight excluding hydrogens is 915 g/mol. The molecule has 0 aromatic carbocycles. The Labute approximate surface area is 426 Å². The first kappa shape index (κ1) is 65.2. The predicted octanol–water partition coefficient (Wildman–Crippen LogP) is 5.01. The summed E-state index contributed by atoms with van der Waals surface area (Å²) in [6, 6.07) is -2.00. The molecule has 1 fully saturated rings. The van der Waals surface area contributed by atoms with Gasteiger partial charge in [0.1, 0.15) is 19.3 Å². The quantitative estimate of drug-likeness (QED) is 0.0294. The SMILES string of the molecule is [B]NC(CCCCNC(=O)COCCOCCNC(=O)COCCOCCNC(=O)CCC(NC(=O)C1CCC(CNC(=O)CCCCCCCCCCCCCCCCCCC)CC1)C(=O)O)C(=O)O. The van der Waals surface area contributed by atoms with Crippen molar-refractivity contribution >= 4 is 49.5 Å². The molecule has 0 aromatic rings. The van der Waals surface area contributed by atoms with Crippen LogP contribution in [0.25, 0.3) is 0 Å². The minimum absolute atomic E-state index is 0.0527. The zero-order valence-corrected chi connectivity index (χ0v) is 43.3. The van der Waals surface area contributed by atoms with Crippen molar-refractivity contribution in [1.29, 1.82) is 0 Å². The van der Waals surface area contributed by atoms with Gasteiger partial charge in [-0.3, -0.25) is 28.8 Å². The highest BCUT2D eigenvalue weighted by Gasteiger charge is 2.30. The van der Waals surface area contributed by atoms with Gasteiger partial charge in [-0.2, -0.15) is 0 Å². The van der Waals surface area contributed by atoms with Gasteiger partial charge in [0.05, 0.1) is 45.7 Å². The number of ether oxygens (including phenoxy) is 4. The van der Waals surface area contributed by atoms with Crippen LogP contribution < -0.4 is 31.8 Å². The lowest BCUT2D eigenvalue weighted by Gasteiger charge is -2.28. The minimum atomic E-state index is -1.20. The monoisotopic (exact) mass is 1010 g/mol. The lowest BCUT2D eigenvalue weighted by atomic mass is 9.81. The molecule has 2 unspecified atom stereocenters. The van der Waals surface area contributed by atoms with E-state index in [0.717, 1.165) is 25.7 Å². The van der Waals surface area contributed by atoms with E-state index in [9.17, 15) is 38.7 Å². The van der Waals surface area contributed by atoms with Gasteiger partial charge in [-0.25, -0.2) is 4.79 Å². The molecule has 5 amide bonds. The van der Waals surface area contributed by atoms with Crippen LogP contribution in [0.1, 0.15) is 180 Å². The number of unbranched alkanes of at least 4 members (excludes halogenated alkanes) is 17. The smallest absolute Gasteiger partial charge is 0.326 e. The number of carboxylic acid groups (broad SMARTS) is 2. The molecule has 19 nitrogen and oxygen atoms in total. The maximum atomic E-state index is 13.0. The fourth-order valence-electron chi connectivity index (χ4n) is 8.27. The van der Waals surface area contributed by atoms with Crippen molar-refractivity contribution in [3.05, 3.63) is 0 Å². The number of nitrogens with one attached hydrogen (secondary N) is 6. The molecule has 408 valence electrons. The van der Waals surface area contributed by atoms with E-state index in [4.69, 9.17) is 32.0 Å². The Morgan fingerprint density at radius 2 is 0.930 bits per heavy atom. The first-order valence-electron chi connectivity index (χ1n) is 27.1. The summed E-state index contributed by atoms with van der Waals surface area (Å²) >= 11 is 0. The highest BCUT2D eigenvalue weighted by Crippen LogP contribution is 2.29. The number of carbonyl (C=O) groups excluding carboxylic acids is 5. The number of hydrogen-bond donors (Lipinski definition) is 8. The second-order valence-electron chi connectivity index (χ2n) is 18.8. The van der Waals surface area contributed by atoms with Crippen molar-refractivity contribution in [3.63, 3.8) is 0 Å². The first-order chi connectivity index (χ1) is 34.5. The third-order valence-corrected chi connectivity index (χ3v) is 12.7. The summed E-state index contributed by atoms with van der Waals surface area (Å²) in [5, 5.41) is 34.6. The normalized spacial score (nSPS) is 15.3. The summed E-state index contributed by atoms with van der Waals surface area (Å²) in [5.41, 5.74) is 0. The van der Waals surface area contributed by atoms with Gasteiger partial charge < -0.3 is 61.0 Å². The Morgan fingerprint density at radius 3 is 1.42 bits per heavy atom. The van der Waals surface area contributed by atoms with Crippen LogP contribution in [0.4, 0.5) is 0 Å². The Hall–Kier alpha value is -3.85. The highest BCUT2D eigenvalue weighted by atomic mass is 16.5. The number of hydrogen-bond acceptors (Lipinski definition) is 12. The van der Waals surface area contributed by atoms with Crippen molar-refractivity contribution in [2.24, 2.45) is 11.8 Å². The first-order valence-corrected chi connectivity index (χ1v) is 27.1. The highest BCUT2D eigenvalue weighted by molar-refractivity contribution is 6.06. The average molecular weight is 1010 g/mol. The summed E-state index contributed by atoms with van der Waals surface area (Å²) in [5.74, 6) is -3.46. The Balaban J connectivity index is 1.98. The second kappa shape index (κ2) is 46.0. The van der Waals surface area contributed by atoms with Crippen LogP contribution in [0, 0.1) is 11.8 Å². The van der Waals surface area contributed by atoms with E-state index in [1.54, 1.807) is 0 Å². The summed E-state index contributed by atoms with van der Waals surface area (Å²) < 4.78 is 21.3. The van der Waals surface area contributed by atoms with Gasteiger partial charge in [-0.1, -0.05) is 110 Å². The number of carboxylic acids is 2. The molecule has 0 saturated heterocycles. The van der Waals surface area contributed by atoms with E-state index < -0.39 is 24.0 Å². The molecular formula is C51H93BN6O13. The van der Waals surface area contributed by atoms with Crippen LogP contribution >= 0.6 is 0 Å². The van der Waals surface area contributed by atoms with Crippen molar-refractivity contribution in [1.82, 2.24) is 31.8 Å². The van der Waals surface area contributed by atoms with Gasteiger partial charge in [0, 0.05) is 44.9 Å². The number of carbonyl (C=O) groups is 7. The Morgan fingerprint density at radius 1 is 0.479 bits per heavy atom. The van der Waals surface area contributed by atoms with Crippen LogP contribution in [0.2, 0.25) is 0 Å². The third-order valence-electron chi connectivity index (χ3n) is 12.7. The van der Waals surface area contributed by atoms with E-state index in [2.05, 4.69) is 38.7 Å². The molecule has 71 heavy (non-hydrogen) atoms. The van der Waals surface area contributed by atoms with E-state index in [1.165, 1.54) is 96.3 Å². The molecule has 0 spiro atoms. The molecule has 1 rings (SSSR count). The van der Waals surface area contributed by atoms with Crippen molar-refractivity contribution in [2.45, 2.75) is 192 Å². The number of rotatable bonds is 49. The van der Waals surface area contributed by atoms with Crippen LogP contribution in [0.15, 0.2) is 0 Å². The topological polar surface area (TPSA) is 269 Å². The molecule has 0 bridgehead atoms. The fourth-order valence-corrected chi connectivity index (χ4v) is 8.27. The molecule has 2 atom stereocenters. The zero-order valence-electron chi connectivity index (χ0n) is 43.3. The molecule has 8 N–H and O–H groups in total. The lowest BCUT2D eigenvalue weighted by Crippen LogP contribution is -2.45. The van der Waals surface area contributed by atoms with Gasteiger partial charge in [-0.05, 0) is 63.7 Å². The van der Waals surface area contributed by atoms with E-state index in [1.807, 2.05) is 0 Å². The van der Waals surface area contributed by atoms with Crippen LogP contribution in [0.3, 0.4) is 0 Å². The summed E-state index contributed by atoms with van der Waals surface area (Å²) in [7, 11) is 5.18. The Kier molecular flexibility index (Phi) is 42.2. The molecule has 20 heteroatoms. The minimum Gasteiger partial charge on any atom is -0.480 e. The number of aliphatic carboxylic acids is 2. The Bertz CT molecular complexity index is 1430. The average Bonchev–Trinajstić information content (AvgIpc) is 3.35. The summed E-state index contributed by atoms with van der Waals surface area (Å²) in [6.07, 6.45) is 26.9. The van der Waals surface area contributed by atoms with E-state index in [0.29, 0.717) is 57.5 Å². The van der Waals surface area contributed by atoms with Crippen LogP contribution in [0.5, 0.6) is 0 Å². The third kappa shape index (κ3) is 39.4. The molecule has 2 radical (unpaired) electrons. The van der Waals surface area contributed by atoms with Gasteiger partial charge in [0.2, 0.25) is 29.5 Å². The van der Waals surface area contributed by atoms with E-state index >= 15 is 0 Å². The summed E-state index contributed by atoms with van der Waals surface area (Å²) in [4.78, 5) is 84.4. The molecule has 0 heterocycles. The predicted molar refractivity (Wildman–Crippen MR) is 273 cm³/mol. The van der Waals surface area contributed by atoms with Crippen molar-refractivity contribution in [3.8, 4) is 0 Å². The maximum absolute atomic E-state index is 13.0. The van der Waals surface area contributed by atoms with Crippen LogP contribution in [-0.4, -0.2) is 151 Å². The molecule has 1 aliphatic rings. The summed E-state index contributed by atoms with van der Waals surface area (Å²) in [6.45, 7) is 4.56. The van der Waals surface area contributed by atoms with Gasteiger partial charge in [0.15, 0.2) is 7.98 Å². The molecule has 1 saturated carbocycles. The van der Waals surface area contributed by atoms with Gasteiger partial charge in [-0.15, -0.1) is 0 Å². The van der Waals surface area contributed by atoms with E-state index in [-0.39, 0.29) is 114 Å². The zero-order chi connectivity index (χ0) is 52.0. The van der Waals surface area contributed by atoms with Crippen LogP contribution in [-0.2, 0) is 52.5 Å². The second-order valence-corrected chi connectivity index (χ2v) is 18.8. The molecule has 0 aliphatic heterocycles. The number of amides is 5. The maximum Gasteiger partial charge on any atom is 0.326 e. The van der Waals surface area contributed by atoms with Crippen molar-refractivity contribution < 1.29 is 62.7 Å². The fraction of sp³-hybridized carbons (Fsp3) is 0.863. The standard InChI is InChI=1S/C51H93BN6O13/c1-2-3-4-5-6-7-8-9-10-11-12-13-14-15-16-17-18-22-45(59)56-38-41-23-25-42(26-24-41)49(63)57-43(50(64)65)27-28-46(60)54-30-32-68-34-37-71-40-48(62)55-31-33-69-35-36-70-39-47(61)53-29-20-19-21-44(58-52)51(66)67/h41-44,58H,2-40H2,1H3,(H,53,61)(H,54,60)(H,55,62)(H,56,59)(H,57,63)(H,64,65)(H,66,67). The van der Waals surface area contributed by atoms with Gasteiger partial charge >= 0.3 is 11.9 Å². The van der Waals surface area contributed by atoms with Gasteiger partial charge in [0.25, 0.3) is 0 Å².